The molecule has 1 aliphatic rings. The minimum absolute atomic E-state index is 0.0581. The summed E-state index contributed by atoms with van der Waals surface area (Å²) in [5.74, 6) is 1.41. The molecule has 1 N–H and O–H groups in total. The standard InChI is InChI=1S/C25H30N4O3/c1-4-19-10-21(30)7-8-22(19)20-11-24(23-12-26-17-29(23)15-20)32-16-18-13-28(14-18)25(31)6-5-9-27(2)3/h5-8,10-12,15,17-18,30H,4,9,13-14,16H2,1-3H3/b6-5+. The molecule has 1 amide bonds. The number of benzene rings is 1. The third-order valence-electron chi connectivity index (χ3n) is 5.74. The number of aromatic nitrogens is 2. The van der Waals surface area contributed by atoms with Crippen molar-refractivity contribution in [3.63, 3.8) is 0 Å². The highest BCUT2D eigenvalue weighted by molar-refractivity contribution is 5.88. The Labute approximate surface area is 188 Å². The number of ether oxygens (including phenoxy) is 1. The Kier molecular flexibility index (Phi) is 6.46. The maximum Gasteiger partial charge on any atom is 0.246 e. The number of hydrogen-bond acceptors (Lipinski definition) is 5. The first-order valence-electron chi connectivity index (χ1n) is 11.0. The molecule has 1 fully saturated rings. The summed E-state index contributed by atoms with van der Waals surface area (Å²) >= 11 is 0. The zero-order valence-corrected chi connectivity index (χ0v) is 18.9. The minimum Gasteiger partial charge on any atom is -0.508 e. The Balaban J connectivity index is 1.44. The minimum atomic E-state index is 0.0581. The van der Waals surface area contributed by atoms with Crippen LogP contribution in [-0.2, 0) is 11.2 Å². The molecule has 0 bridgehead atoms. The maximum absolute atomic E-state index is 12.2. The van der Waals surface area contributed by atoms with Crippen LogP contribution in [0.15, 0.2) is 55.1 Å². The van der Waals surface area contributed by atoms with Crippen LogP contribution in [0.25, 0.3) is 16.6 Å². The lowest BCUT2D eigenvalue weighted by molar-refractivity contribution is -0.132. The van der Waals surface area contributed by atoms with Gasteiger partial charge in [0.15, 0.2) is 0 Å². The van der Waals surface area contributed by atoms with Gasteiger partial charge in [0.1, 0.15) is 17.0 Å². The molecule has 0 aliphatic carbocycles. The predicted octanol–water partition coefficient (Wildman–Crippen LogP) is 3.22. The number of phenolic OH excluding ortho intramolecular Hbond substituents is 1. The number of carbonyl (C=O) groups excluding carboxylic acids is 1. The van der Waals surface area contributed by atoms with Crippen LogP contribution in [0.3, 0.4) is 0 Å². The van der Waals surface area contributed by atoms with E-state index >= 15 is 0 Å². The fraction of sp³-hybridized carbons (Fsp3) is 0.360. The van der Waals surface area contributed by atoms with E-state index in [1.54, 1.807) is 30.7 Å². The van der Waals surface area contributed by atoms with Crippen LogP contribution in [-0.4, -0.2) is 70.5 Å². The Morgan fingerprint density at radius 1 is 1.31 bits per heavy atom. The molecule has 4 rings (SSSR count). The molecular formula is C25H30N4O3. The Morgan fingerprint density at radius 2 is 2.12 bits per heavy atom. The number of likely N-dealkylation sites (N-methyl/N-ethyl adjacent to an activating group) is 1. The Bertz CT molecular complexity index is 1130. The normalized spacial score (nSPS) is 14.4. The molecule has 2 aromatic heterocycles. The van der Waals surface area contributed by atoms with Crippen LogP contribution < -0.4 is 4.74 Å². The molecule has 3 heterocycles. The number of imidazole rings is 1. The zero-order valence-electron chi connectivity index (χ0n) is 18.9. The van der Waals surface area contributed by atoms with E-state index in [0.717, 1.165) is 40.9 Å². The van der Waals surface area contributed by atoms with Crippen molar-refractivity contribution in [2.75, 3.05) is 40.3 Å². The fourth-order valence-electron chi connectivity index (χ4n) is 3.95. The van der Waals surface area contributed by atoms with Crippen molar-refractivity contribution in [1.82, 2.24) is 19.2 Å². The van der Waals surface area contributed by atoms with E-state index in [9.17, 15) is 9.90 Å². The second-order valence-corrected chi connectivity index (χ2v) is 8.56. The summed E-state index contributed by atoms with van der Waals surface area (Å²) in [6, 6.07) is 7.49. The van der Waals surface area contributed by atoms with Crippen LogP contribution in [0.1, 0.15) is 12.5 Å². The number of phenols is 1. The molecule has 7 nitrogen and oxygen atoms in total. The molecule has 0 radical (unpaired) electrons. The van der Waals surface area contributed by atoms with Crippen LogP contribution in [0, 0.1) is 5.92 Å². The second kappa shape index (κ2) is 9.44. The van der Waals surface area contributed by atoms with Gasteiger partial charge in [0.05, 0.1) is 19.1 Å². The van der Waals surface area contributed by atoms with Crippen molar-refractivity contribution < 1.29 is 14.6 Å². The van der Waals surface area contributed by atoms with Gasteiger partial charge >= 0.3 is 0 Å². The first kappa shape index (κ1) is 21.9. The maximum atomic E-state index is 12.2. The van der Waals surface area contributed by atoms with Crippen molar-refractivity contribution >= 4 is 11.4 Å². The fourth-order valence-corrected chi connectivity index (χ4v) is 3.95. The quantitative estimate of drug-likeness (QED) is 0.551. The van der Waals surface area contributed by atoms with Gasteiger partial charge in [-0.2, -0.15) is 0 Å². The first-order valence-corrected chi connectivity index (χ1v) is 11.0. The number of likely N-dealkylation sites (tertiary alicyclic amines) is 1. The van der Waals surface area contributed by atoms with Gasteiger partial charge in [-0.1, -0.05) is 19.1 Å². The molecular weight excluding hydrogens is 404 g/mol. The summed E-state index contributed by atoms with van der Waals surface area (Å²) in [5, 5.41) is 9.85. The van der Waals surface area contributed by atoms with Crippen LogP contribution in [0.5, 0.6) is 11.5 Å². The van der Waals surface area contributed by atoms with Gasteiger partial charge in [0, 0.05) is 43.4 Å². The average Bonchev–Trinajstić information content (AvgIpc) is 3.20. The SMILES string of the molecule is CCc1cc(O)ccc1-c1cc(OCC2CN(C(=O)/C=C/CN(C)C)C2)c2cncn2c1. The van der Waals surface area contributed by atoms with Gasteiger partial charge in [-0.15, -0.1) is 0 Å². The molecule has 32 heavy (non-hydrogen) atoms. The van der Waals surface area contributed by atoms with E-state index < -0.39 is 0 Å². The zero-order chi connectivity index (χ0) is 22.7. The molecule has 0 atom stereocenters. The number of fused-ring (bicyclic) bond motifs is 1. The summed E-state index contributed by atoms with van der Waals surface area (Å²) in [4.78, 5) is 20.3. The number of rotatable bonds is 8. The monoisotopic (exact) mass is 434 g/mol. The van der Waals surface area contributed by atoms with Crippen molar-refractivity contribution in [2.24, 2.45) is 5.92 Å². The highest BCUT2D eigenvalue weighted by Crippen LogP contribution is 2.32. The molecule has 7 heteroatoms. The lowest BCUT2D eigenvalue weighted by Crippen LogP contribution is -2.51. The average molecular weight is 435 g/mol. The van der Waals surface area contributed by atoms with Crippen molar-refractivity contribution in [2.45, 2.75) is 13.3 Å². The number of aryl methyl sites for hydroxylation is 1. The van der Waals surface area contributed by atoms with Gasteiger partial charge in [0.25, 0.3) is 0 Å². The Hall–Kier alpha value is -3.32. The summed E-state index contributed by atoms with van der Waals surface area (Å²) in [5.41, 5.74) is 4.06. The van der Waals surface area contributed by atoms with Gasteiger partial charge in [0.2, 0.25) is 5.91 Å². The molecule has 1 saturated heterocycles. The van der Waals surface area contributed by atoms with E-state index in [2.05, 4.69) is 11.9 Å². The highest BCUT2D eigenvalue weighted by atomic mass is 16.5. The summed E-state index contributed by atoms with van der Waals surface area (Å²) in [6.07, 6.45) is 9.95. The smallest absolute Gasteiger partial charge is 0.246 e. The largest absolute Gasteiger partial charge is 0.508 e. The first-order chi connectivity index (χ1) is 15.4. The molecule has 1 aromatic carbocycles. The highest BCUT2D eigenvalue weighted by Gasteiger charge is 2.30. The third kappa shape index (κ3) is 4.78. The van der Waals surface area contributed by atoms with Crippen molar-refractivity contribution in [1.29, 1.82) is 0 Å². The molecule has 168 valence electrons. The van der Waals surface area contributed by atoms with E-state index in [0.29, 0.717) is 25.6 Å². The van der Waals surface area contributed by atoms with Gasteiger partial charge in [-0.05, 0) is 49.8 Å². The molecule has 0 spiro atoms. The molecule has 0 saturated carbocycles. The number of amides is 1. The predicted molar refractivity (Wildman–Crippen MR) is 125 cm³/mol. The van der Waals surface area contributed by atoms with E-state index in [1.165, 1.54) is 0 Å². The van der Waals surface area contributed by atoms with Crippen molar-refractivity contribution in [3.05, 3.63) is 60.7 Å². The van der Waals surface area contributed by atoms with Crippen LogP contribution in [0.2, 0.25) is 0 Å². The van der Waals surface area contributed by atoms with Gasteiger partial charge in [-0.25, -0.2) is 4.98 Å². The van der Waals surface area contributed by atoms with Crippen molar-refractivity contribution in [3.8, 4) is 22.6 Å². The van der Waals surface area contributed by atoms with Crippen LogP contribution in [0.4, 0.5) is 0 Å². The van der Waals surface area contributed by atoms with Crippen LogP contribution >= 0.6 is 0 Å². The number of aromatic hydroxyl groups is 1. The van der Waals surface area contributed by atoms with Gasteiger partial charge < -0.3 is 24.0 Å². The Morgan fingerprint density at radius 3 is 2.88 bits per heavy atom. The number of nitrogens with zero attached hydrogens (tertiary/aromatic N) is 4. The summed E-state index contributed by atoms with van der Waals surface area (Å²) in [7, 11) is 3.95. The summed E-state index contributed by atoms with van der Waals surface area (Å²) in [6.45, 7) is 4.79. The van der Waals surface area contributed by atoms with E-state index in [4.69, 9.17) is 4.74 Å². The number of carbonyl (C=O) groups is 1. The topological polar surface area (TPSA) is 70.3 Å². The number of pyridine rings is 1. The molecule has 1 aliphatic heterocycles. The molecule has 0 unspecified atom stereocenters. The second-order valence-electron chi connectivity index (χ2n) is 8.56. The lowest BCUT2D eigenvalue weighted by atomic mass is 9.98. The lowest BCUT2D eigenvalue weighted by Gasteiger charge is -2.38. The van der Waals surface area contributed by atoms with Gasteiger partial charge in [-0.3, -0.25) is 4.79 Å². The molecule has 3 aromatic rings. The number of hydrogen-bond donors (Lipinski definition) is 1. The third-order valence-corrected chi connectivity index (χ3v) is 5.74. The van der Waals surface area contributed by atoms with E-state index in [1.807, 2.05) is 52.7 Å². The van der Waals surface area contributed by atoms with E-state index in [-0.39, 0.29) is 11.7 Å². The summed E-state index contributed by atoms with van der Waals surface area (Å²) < 4.78 is 8.17.